The number of hydrogen-bond acceptors (Lipinski definition) is 4. The van der Waals surface area contributed by atoms with E-state index in [2.05, 4.69) is 54.6 Å². The minimum Gasteiger partial charge on any atom is -0.361 e. The van der Waals surface area contributed by atoms with Crippen LogP contribution in [-0.4, -0.2) is 24.2 Å². The quantitative estimate of drug-likeness (QED) is 0.307. The molecule has 0 radical (unpaired) electrons. The van der Waals surface area contributed by atoms with Gasteiger partial charge in [-0.05, 0) is 31.0 Å². The first kappa shape index (κ1) is 20.9. The summed E-state index contributed by atoms with van der Waals surface area (Å²) in [4.78, 5) is 5.86. The van der Waals surface area contributed by atoms with Gasteiger partial charge in [0.2, 0.25) is 0 Å². The van der Waals surface area contributed by atoms with E-state index in [9.17, 15) is 5.26 Å². The van der Waals surface area contributed by atoms with Crippen molar-refractivity contribution in [3.8, 4) is 6.07 Å². The summed E-state index contributed by atoms with van der Waals surface area (Å²) in [6.45, 7) is 8.35. The minimum absolute atomic E-state index is 0.00277. The zero-order valence-electron chi connectivity index (χ0n) is 17.0. The molecule has 148 valence electrons. The number of imidazole rings is 1. The molecule has 0 bridgehead atoms. The van der Waals surface area contributed by atoms with Crippen LogP contribution in [0.2, 0.25) is 25.7 Å². The molecule has 2 aromatic rings. The number of aromatic nitrogens is 2. The van der Waals surface area contributed by atoms with E-state index in [-0.39, 0.29) is 11.8 Å². The smallest absolute Gasteiger partial charge is 0.174 e. The molecule has 1 aliphatic rings. The third kappa shape index (κ3) is 5.60. The van der Waals surface area contributed by atoms with Crippen molar-refractivity contribution >= 4 is 19.8 Å². The second kappa shape index (κ2) is 9.60. The lowest BCUT2D eigenvalue weighted by atomic mass is 9.82. The van der Waals surface area contributed by atoms with Crippen LogP contribution in [0.5, 0.6) is 0 Å². The van der Waals surface area contributed by atoms with E-state index in [4.69, 9.17) is 9.72 Å². The highest BCUT2D eigenvalue weighted by atomic mass is 32.2. The molecule has 0 aliphatic heterocycles. The molecule has 0 spiro atoms. The molecule has 0 saturated heterocycles. The Morgan fingerprint density at radius 2 is 1.96 bits per heavy atom. The molecule has 3 rings (SSSR count). The third-order valence-electron chi connectivity index (χ3n) is 5.00. The van der Waals surface area contributed by atoms with Crippen molar-refractivity contribution in [2.45, 2.75) is 61.2 Å². The van der Waals surface area contributed by atoms with E-state index in [1.54, 1.807) is 11.8 Å². The molecule has 1 aromatic heterocycles. The molecule has 0 N–H and O–H groups in total. The first-order valence-electron chi connectivity index (χ1n) is 9.88. The summed E-state index contributed by atoms with van der Waals surface area (Å²) in [5.74, 6) is 0.172. The summed E-state index contributed by atoms with van der Waals surface area (Å²) in [5.41, 5.74) is 1.11. The van der Waals surface area contributed by atoms with Crippen molar-refractivity contribution in [3.63, 3.8) is 0 Å². The van der Waals surface area contributed by atoms with Crippen molar-refractivity contribution in [1.29, 1.82) is 5.26 Å². The number of nitriles is 1. The van der Waals surface area contributed by atoms with Crippen LogP contribution in [0.3, 0.4) is 0 Å². The molecule has 1 aliphatic carbocycles. The predicted octanol–water partition coefficient (Wildman–Crippen LogP) is 5.92. The average molecular weight is 412 g/mol. The van der Waals surface area contributed by atoms with E-state index < -0.39 is 8.07 Å². The van der Waals surface area contributed by atoms with E-state index in [1.165, 1.54) is 0 Å². The fraction of sp³-hybridized carbons (Fsp3) is 0.455. The Morgan fingerprint density at radius 1 is 1.21 bits per heavy atom. The van der Waals surface area contributed by atoms with Crippen LogP contribution in [0, 0.1) is 17.2 Å². The fourth-order valence-corrected chi connectivity index (χ4v) is 4.92. The van der Waals surface area contributed by atoms with Gasteiger partial charge in [-0.1, -0.05) is 61.8 Å². The number of benzene rings is 1. The van der Waals surface area contributed by atoms with Crippen LogP contribution in [-0.2, 0) is 11.5 Å². The van der Waals surface area contributed by atoms with Crippen molar-refractivity contribution in [3.05, 3.63) is 54.4 Å². The number of rotatable bonds is 8. The molecule has 0 amide bonds. The molecule has 0 fully saturated rings. The topological polar surface area (TPSA) is 50.8 Å². The first-order valence-corrected chi connectivity index (χ1v) is 14.4. The van der Waals surface area contributed by atoms with Crippen molar-refractivity contribution in [2.75, 3.05) is 6.61 Å². The lowest BCUT2D eigenvalue weighted by Crippen LogP contribution is -2.23. The average Bonchev–Trinajstić information content (AvgIpc) is 3.07. The second-order valence-electron chi connectivity index (χ2n) is 8.44. The normalized spacial score (nSPS) is 19.5. The Balaban J connectivity index is 1.82. The largest absolute Gasteiger partial charge is 0.361 e. The molecular weight excluding hydrogens is 382 g/mol. The van der Waals surface area contributed by atoms with Crippen LogP contribution in [0.15, 0.2) is 58.7 Å². The maximum atomic E-state index is 9.61. The van der Waals surface area contributed by atoms with E-state index in [0.717, 1.165) is 41.2 Å². The third-order valence-corrected chi connectivity index (χ3v) is 7.72. The maximum absolute atomic E-state index is 9.61. The van der Waals surface area contributed by atoms with Crippen molar-refractivity contribution < 1.29 is 4.74 Å². The maximum Gasteiger partial charge on any atom is 0.174 e. The summed E-state index contributed by atoms with van der Waals surface area (Å²) in [6, 6.07) is 13.9. The first-order chi connectivity index (χ1) is 13.5. The standard InChI is InChI=1S/C22H29N3OSSi/c1-28(2,3)14-13-26-17-25-21(20-12-8-7-9-18(20)15-23)16-24-22(25)27-19-10-5-4-6-11-19/h4-8,10-11,16,18,20H,9,12-14,17H2,1-3H3/t18-,20+/m1/s1. The Hall–Kier alpha value is -1.81. The Bertz CT molecular complexity index is 836. The van der Waals surface area contributed by atoms with Gasteiger partial charge >= 0.3 is 0 Å². The fourth-order valence-electron chi connectivity index (χ4n) is 3.29. The van der Waals surface area contributed by atoms with Crippen LogP contribution in [0.1, 0.15) is 24.5 Å². The highest BCUT2D eigenvalue weighted by Gasteiger charge is 2.28. The SMILES string of the molecule is C[Si](C)(C)CCOCn1c([C@H]2CC=CC[C@@H]2C#N)cnc1Sc1ccccc1. The van der Waals surface area contributed by atoms with Gasteiger partial charge in [0.05, 0.1) is 12.0 Å². The van der Waals surface area contributed by atoms with Gasteiger partial charge in [-0.15, -0.1) is 0 Å². The monoisotopic (exact) mass is 411 g/mol. The molecule has 6 heteroatoms. The molecule has 1 heterocycles. The van der Waals surface area contributed by atoms with Gasteiger partial charge in [-0.3, -0.25) is 4.57 Å². The molecule has 2 atom stereocenters. The van der Waals surface area contributed by atoms with Crippen LogP contribution in [0.25, 0.3) is 0 Å². The zero-order chi connectivity index (χ0) is 20.0. The summed E-state index contributed by atoms with van der Waals surface area (Å²) in [7, 11) is -1.12. The Labute approximate surface area is 173 Å². The van der Waals surface area contributed by atoms with Gasteiger partial charge in [0.1, 0.15) is 6.73 Å². The van der Waals surface area contributed by atoms with Gasteiger partial charge in [-0.2, -0.15) is 5.26 Å². The summed E-state index contributed by atoms with van der Waals surface area (Å²) in [5, 5.41) is 10.5. The summed E-state index contributed by atoms with van der Waals surface area (Å²) >= 11 is 1.65. The van der Waals surface area contributed by atoms with Crippen molar-refractivity contribution in [1.82, 2.24) is 9.55 Å². The molecule has 0 unspecified atom stereocenters. The van der Waals surface area contributed by atoms with Crippen LogP contribution < -0.4 is 0 Å². The number of nitrogens with zero attached hydrogens (tertiary/aromatic N) is 3. The molecule has 1 aromatic carbocycles. The van der Waals surface area contributed by atoms with E-state index in [0.29, 0.717) is 6.73 Å². The molecule has 28 heavy (non-hydrogen) atoms. The van der Waals surface area contributed by atoms with Gasteiger partial charge in [0.25, 0.3) is 0 Å². The number of allylic oxidation sites excluding steroid dienone is 2. The Morgan fingerprint density at radius 3 is 2.68 bits per heavy atom. The lowest BCUT2D eigenvalue weighted by Gasteiger charge is -2.25. The summed E-state index contributed by atoms with van der Waals surface area (Å²) < 4.78 is 8.25. The highest BCUT2D eigenvalue weighted by molar-refractivity contribution is 7.99. The number of ether oxygens (including phenoxy) is 1. The summed E-state index contributed by atoms with van der Waals surface area (Å²) in [6.07, 6.45) is 7.95. The predicted molar refractivity (Wildman–Crippen MR) is 117 cm³/mol. The van der Waals surface area contributed by atoms with Gasteiger partial charge in [0.15, 0.2) is 5.16 Å². The van der Waals surface area contributed by atoms with Gasteiger partial charge in [0, 0.05) is 37.4 Å². The van der Waals surface area contributed by atoms with Crippen LogP contribution >= 0.6 is 11.8 Å². The Kier molecular flexibility index (Phi) is 7.17. The van der Waals surface area contributed by atoms with Gasteiger partial charge < -0.3 is 4.74 Å². The molecule has 4 nitrogen and oxygen atoms in total. The van der Waals surface area contributed by atoms with E-state index >= 15 is 0 Å². The zero-order valence-corrected chi connectivity index (χ0v) is 18.8. The molecule has 0 saturated carbocycles. The highest BCUT2D eigenvalue weighted by Crippen LogP contribution is 2.37. The lowest BCUT2D eigenvalue weighted by molar-refractivity contribution is 0.0780. The number of hydrogen-bond donors (Lipinski definition) is 0. The van der Waals surface area contributed by atoms with Crippen LogP contribution in [0.4, 0.5) is 0 Å². The van der Waals surface area contributed by atoms with Gasteiger partial charge in [-0.25, -0.2) is 4.98 Å². The second-order valence-corrected chi connectivity index (χ2v) is 15.1. The molecular formula is C22H29N3OSSi. The van der Waals surface area contributed by atoms with E-state index in [1.807, 2.05) is 24.4 Å². The minimum atomic E-state index is -1.12. The van der Waals surface area contributed by atoms with Crippen molar-refractivity contribution in [2.24, 2.45) is 5.92 Å².